The summed E-state index contributed by atoms with van der Waals surface area (Å²) in [5.74, 6) is -0.494. The summed E-state index contributed by atoms with van der Waals surface area (Å²) >= 11 is 0. The van der Waals surface area contributed by atoms with Crippen LogP contribution >= 0.6 is 0 Å². The van der Waals surface area contributed by atoms with E-state index in [0.29, 0.717) is 12.2 Å². The first-order valence-corrected chi connectivity index (χ1v) is 6.53. The lowest BCUT2D eigenvalue weighted by Crippen LogP contribution is -2.13. The van der Waals surface area contributed by atoms with Crippen LogP contribution in [0.4, 0.5) is 0 Å². The second-order valence-corrected chi connectivity index (χ2v) is 4.85. The second-order valence-electron chi connectivity index (χ2n) is 4.85. The zero-order valence-corrected chi connectivity index (χ0v) is 11.3. The van der Waals surface area contributed by atoms with E-state index in [1.807, 2.05) is 0 Å². The number of nitrogens with zero attached hydrogens (tertiary/aromatic N) is 3. The highest BCUT2D eigenvalue weighted by Crippen LogP contribution is 2.19. The second kappa shape index (κ2) is 4.85. The van der Waals surface area contributed by atoms with Gasteiger partial charge in [0.25, 0.3) is 5.91 Å². The molecular formula is C15H16N4O. The number of fused-ring (bicyclic) bond motifs is 1. The van der Waals surface area contributed by atoms with Gasteiger partial charge in [-0.1, -0.05) is 18.2 Å². The molecule has 0 saturated carbocycles. The molecule has 0 fully saturated rings. The highest BCUT2D eigenvalue weighted by Gasteiger charge is 2.06. The Labute approximate surface area is 116 Å². The highest BCUT2D eigenvalue weighted by molar-refractivity contribution is 5.90. The van der Waals surface area contributed by atoms with Gasteiger partial charge in [0.2, 0.25) is 0 Å². The molecule has 2 heterocycles. The van der Waals surface area contributed by atoms with E-state index in [0.717, 1.165) is 6.54 Å². The van der Waals surface area contributed by atoms with Crippen molar-refractivity contribution in [3.8, 4) is 0 Å². The monoisotopic (exact) mass is 268 g/mol. The van der Waals surface area contributed by atoms with Gasteiger partial charge >= 0.3 is 0 Å². The van der Waals surface area contributed by atoms with E-state index in [2.05, 4.69) is 47.1 Å². The topological polar surface area (TPSA) is 65.8 Å². The SMILES string of the molecule is Cc1cccc2ccn(CCn3ccc(C(N)=O)n3)c12. The molecule has 5 heteroatoms. The quantitative estimate of drug-likeness (QED) is 0.786. The Morgan fingerprint density at radius 3 is 2.80 bits per heavy atom. The van der Waals surface area contributed by atoms with Gasteiger partial charge in [0.05, 0.1) is 12.1 Å². The third-order valence-electron chi connectivity index (χ3n) is 3.45. The molecule has 1 amide bonds. The average Bonchev–Trinajstić information content (AvgIpc) is 3.03. The smallest absolute Gasteiger partial charge is 0.269 e. The number of para-hydroxylation sites is 1. The molecule has 0 atom stereocenters. The number of carbonyl (C=O) groups is 1. The van der Waals surface area contributed by atoms with Crippen molar-refractivity contribution in [1.82, 2.24) is 14.3 Å². The van der Waals surface area contributed by atoms with Crippen LogP contribution in [0, 0.1) is 6.92 Å². The summed E-state index contributed by atoms with van der Waals surface area (Å²) in [6.07, 6.45) is 3.86. The Morgan fingerprint density at radius 1 is 1.20 bits per heavy atom. The maximum Gasteiger partial charge on any atom is 0.269 e. The van der Waals surface area contributed by atoms with Crippen molar-refractivity contribution < 1.29 is 4.79 Å². The van der Waals surface area contributed by atoms with Crippen LogP contribution in [0.25, 0.3) is 10.9 Å². The first-order valence-electron chi connectivity index (χ1n) is 6.53. The molecule has 0 saturated heterocycles. The Kier molecular flexibility index (Phi) is 3.02. The molecule has 0 aliphatic carbocycles. The molecule has 102 valence electrons. The standard InChI is InChI=1S/C15H16N4O/c1-11-3-2-4-12-5-7-18(14(11)12)9-10-19-8-6-13(17-19)15(16)20/h2-8H,9-10H2,1H3,(H2,16,20). The predicted molar refractivity (Wildman–Crippen MR) is 77.4 cm³/mol. The maximum atomic E-state index is 11.0. The van der Waals surface area contributed by atoms with E-state index in [4.69, 9.17) is 5.73 Å². The van der Waals surface area contributed by atoms with E-state index in [1.54, 1.807) is 16.9 Å². The van der Waals surface area contributed by atoms with Crippen molar-refractivity contribution in [2.24, 2.45) is 5.73 Å². The molecule has 0 unspecified atom stereocenters. The minimum Gasteiger partial charge on any atom is -0.364 e. The zero-order chi connectivity index (χ0) is 14.1. The zero-order valence-electron chi connectivity index (χ0n) is 11.3. The Balaban J connectivity index is 1.81. The summed E-state index contributed by atoms with van der Waals surface area (Å²) in [5.41, 5.74) is 8.00. The van der Waals surface area contributed by atoms with Gasteiger partial charge in [-0.2, -0.15) is 5.10 Å². The summed E-state index contributed by atoms with van der Waals surface area (Å²) in [6, 6.07) is 10.0. The van der Waals surface area contributed by atoms with Crippen LogP contribution in [0.1, 0.15) is 16.1 Å². The van der Waals surface area contributed by atoms with Crippen molar-refractivity contribution in [2.75, 3.05) is 0 Å². The largest absolute Gasteiger partial charge is 0.364 e. The van der Waals surface area contributed by atoms with Gasteiger partial charge in [0, 0.05) is 18.9 Å². The van der Waals surface area contributed by atoms with Crippen molar-refractivity contribution >= 4 is 16.8 Å². The Morgan fingerprint density at radius 2 is 2.05 bits per heavy atom. The number of aromatic nitrogens is 3. The van der Waals surface area contributed by atoms with Gasteiger partial charge in [-0.05, 0) is 30.0 Å². The number of aryl methyl sites for hydroxylation is 3. The van der Waals surface area contributed by atoms with Crippen LogP contribution in [0.2, 0.25) is 0 Å². The van der Waals surface area contributed by atoms with E-state index in [1.165, 1.54) is 16.5 Å². The summed E-state index contributed by atoms with van der Waals surface area (Å²) < 4.78 is 3.94. The minimum absolute atomic E-state index is 0.304. The molecule has 0 aliphatic heterocycles. The molecule has 3 rings (SSSR count). The van der Waals surface area contributed by atoms with Crippen LogP contribution in [0.5, 0.6) is 0 Å². The lowest BCUT2D eigenvalue weighted by molar-refractivity contribution is 0.0994. The predicted octanol–water partition coefficient (Wildman–Crippen LogP) is 1.95. The van der Waals surface area contributed by atoms with Gasteiger partial charge in [-0.25, -0.2) is 0 Å². The van der Waals surface area contributed by atoms with E-state index in [-0.39, 0.29) is 0 Å². The number of rotatable bonds is 4. The van der Waals surface area contributed by atoms with Crippen molar-refractivity contribution in [3.63, 3.8) is 0 Å². The van der Waals surface area contributed by atoms with Crippen LogP contribution in [0.15, 0.2) is 42.7 Å². The van der Waals surface area contributed by atoms with Crippen molar-refractivity contribution in [3.05, 3.63) is 54.0 Å². The number of carbonyl (C=O) groups excluding carboxylic acids is 1. The number of benzene rings is 1. The first kappa shape index (κ1) is 12.5. The fraction of sp³-hybridized carbons (Fsp3) is 0.200. The van der Waals surface area contributed by atoms with Crippen LogP contribution in [-0.4, -0.2) is 20.3 Å². The maximum absolute atomic E-state index is 11.0. The molecular weight excluding hydrogens is 252 g/mol. The molecule has 5 nitrogen and oxygen atoms in total. The number of amides is 1. The third-order valence-corrected chi connectivity index (χ3v) is 3.45. The van der Waals surface area contributed by atoms with Gasteiger partial charge in [0.15, 0.2) is 0 Å². The summed E-state index contributed by atoms with van der Waals surface area (Å²) in [5, 5.41) is 5.38. The lowest BCUT2D eigenvalue weighted by atomic mass is 10.2. The number of hydrogen-bond donors (Lipinski definition) is 1. The van der Waals surface area contributed by atoms with E-state index >= 15 is 0 Å². The molecule has 2 N–H and O–H groups in total. The van der Waals surface area contributed by atoms with Crippen molar-refractivity contribution in [2.45, 2.75) is 20.0 Å². The first-order chi connectivity index (χ1) is 9.65. The molecule has 3 aromatic rings. The van der Waals surface area contributed by atoms with Gasteiger partial charge < -0.3 is 10.3 Å². The fourth-order valence-corrected chi connectivity index (χ4v) is 2.47. The van der Waals surface area contributed by atoms with Gasteiger partial charge in [-0.3, -0.25) is 9.48 Å². The minimum atomic E-state index is -0.494. The Bertz CT molecular complexity index is 769. The molecule has 2 aromatic heterocycles. The Hall–Kier alpha value is -2.56. The lowest BCUT2D eigenvalue weighted by Gasteiger charge is -2.07. The normalized spacial score (nSPS) is 11.1. The summed E-state index contributed by atoms with van der Waals surface area (Å²) in [7, 11) is 0. The van der Waals surface area contributed by atoms with Crippen LogP contribution < -0.4 is 5.73 Å². The van der Waals surface area contributed by atoms with Crippen molar-refractivity contribution in [1.29, 1.82) is 0 Å². The molecule has 0 bridgehead atoms. The number of nitrogens with two attached hydrogens (primary N) is 1. The van der Waals surface area contributed by atoms with Gasteiger partial charge in [-0.15, -0.1) is 0 Å². The number of hydrogen-bond acceptors (Lipinski definition) is 2. The molecule has 0 radical (unpaired) electrons. The van der Waals surface area contributed by atoms with Crippen LogP contribution in [0.3, 0.4) is 0 Å². The third kappa shape index (κ3) is 2.18. The van der Waals surface area contributed by atoms with Crippen LogP contribution in [-0.2, 0) is 13.1 Å². The summed E-state index contributed by atoms with van der Waals surface area (Å²) in [4.78, 5) is 11.0. The van der Waals surface area contributed by atoms with E-state index < -0.39 is 5.91 Å². The van der Waals surface area contributed by atoms with Gasteiger partial charge in [0.1, 0.15) is 5.69 Å². The molecule has 0 aliphatic rings. The number of primary amides is 1. The molecule has 20 heavy (non-hydrogen) atoms. The molecule has 1 aromatic carbocycles. The van der Waals surface area contributed by atoms with E-state index in [9.17, 15) is 4.79 Å². The highest BCUT2D eigenvalue weighted by atomic mass is 16.1. The molecule has 0 spiro atoms. The average molecular weight is 268 g/mol. The fourth-order valence-electron chi connectivity index (χ4n) is 2.47. The summed E-state index contributed by atoms with van der Waals surface area (Å²) in [6.45, 7) is 3.61.